The number of nitrogens with one attached hydrogen (secondary N) is 2. The van der Waals surface area contributed by atoms with Gasteiger partial charge in [0.25, 0.3) is 0 Å². The fourth-order valence-electron chi connectivity index (χ4n) is 3.40. The van der Waals surface area contributed by atoms with Crippen molar-refractivity contribution in [2.75, 3.05) is 31.7 Å². The summed E-state index contributed by atoms with van der Waals surface area (Å²) in [5.74, 6) is 0.928. The standard InChI is InChI=1S/C22H26F3N3O3/c1-30-19-7-5-18(6-8-19)28-11-9-17(10-12-28)27-21(29)26-14-16-3-2-4-20(13-16)31-15-22(23,24)25/h2-8,13,17H,9-12,14-15H2,1H3,(H2,26,27,29). The van der Waals surface area contributed by atoms with Gasteiger partial charge in [-0.05, 0) is 54.8 Å². The number of carbonyl (C=O) groups is 1. The Hall–Kier alpha value is -3.10. The van der Waals surface area contributed by atoms with Crippen LogP contribution in [0.3, 0.4) is 0 Å². The van der Waals surface area contributed by atoms with Crippen LogP contribution < -0.4 is 25.0 Å². The molecule has 0 bridgehead atoms. The summed E-state index contributed by atoms with van der Waals surface area (Å²) in [5, 5.41) is 5.71. The van der Waals surface area contributed by atoms with Crippen molar-refractivity contribution in [2.45, 2.75) is 31.6 Å². The quantitative estimate of drug-likeness (QED) is 0.685. The first-order chi connectivity index (χ1) is 14.8. The minimum absolute atomic E-state index is 0.0657. The molecule has 0 spiro atoms. The zero-order chi connectivity index (χ0) is 22.3. The highest BCUT2D eigenvalue weighted by atomic mass is 19.4. The van der Waals surface area contributed by atoms with Crippen LogP contribution in [0.25, 0.3) is 0 Å². The second-order valence-corrected chi connectivity index (χ2v) is 7.34. The largest absolute Gasteiger partial charge is 0.497 e. The van der Waals surface area contributed by atoms with E-state index in [2.05, 4.69) is 15.5 Å². The summed E-state index contributed by atoms with van der Waals surface area (Å²) in [7, 11) is 1.63. The average Bonchev–Trinajstić information content (AvgIpc) is 2.77. The molecule has 168 valence electrons. The maximum atomic E-state index is 12.3. The molecule has 2 amide bonds. The van der Waals surface area contributed by atoms with Gasteiger partial charge in [-0.25, -0.2) is 4.79 Å². The van der Waals surface area contributed by atoms with E-state index < -0.39 is 12.8 Å². The van der Waals surface area contributed by atoms with Crippen molar-refractivity contribution in [1.29, 1.82) is 0 Å². The number of benzene rings is 2. The Labute approximate surface area is 179 Å². The van der Waals surface area contributed by atoms with Gasteiger partial charge in [-0.2, -0.15) is 13.2 Å². The number of piperidine rings is 1. The zero-order valence-corrected chi connectivity index (χ0v) is 17.2. The molecule has 3 rings (SSSR count). The highest BCUT2D eigenvalue weighted by Gasteiger charge is 2.28. The lowest BCUT2D eigenvalue weighted by Crippen LogP contribution is -2.47. The molecule has 0 aliphatic carbocycles. The number of alkyl halides is 3. The summed E-state index contributed by atoms with van der Waals surface area (Å²) in [6.45, 7) is 0.505. The molecule has 6 nitrogen and oxygen atoms in total. The molecule has 0 unspecified atom stereocenters. The van der Waals surface area contributed by atoms with Crippen LogP contribution in [0.15, 0.2) is 48.5 Å². The van der Waals surface area contributed by atoms with E-state index >= 15 is 0 Å². The SMILES string of the molecule is COc1ccc(N2CCC(NC(=O)NCc3cccc(OCC(F)(F)F)c3)CC2)cc1. The molecule has 2 aromatic rings. The number of amides is 2. The third-order valence-electron chi connectivity index (χ3n) is 5.02. The predicted molar refractivity (Wildman–Crippen MR) is 112 cm³/mol. The van der Waals surface area contributed by atoms with E-state index in [9.17, 15) is 18.0 Å². The minimum Gasteiger partial charge on any atom is -0.497 e. The molecule has 2 aromatic carbocycles. The van der Waals surface area contributed by atoms with E-state index in [0.29, 0.717) is 5.56 Å². The summed E-state index contributed by atoms with van der Waals surface area (Å²) in [6, 6.07) is 13.9. The van der Waals surface area contributed by atoms with Crippen LogP contribution in [0.4, 0.5) is 23.7 Å². The summed E-state index contributed by atoms with van der Waals surface area (Å²) in [6.07, 6.45) is -2.75. The molecule has 2 N–H and O–H groups in total. The van der Waals surface area contributed by atoms with Crippen LogP contribution >= 0.6 is 0 Å². The van der Waals surface area contributed by atoms with Gasteiger partial charge in [-0.3, -0.25) is 0 Å². The van der Waals surface area contributed by atoms with Gasteiger partial charge in [0.05, 0.1) is 7.11 Å². The van der Waals surface area contributed by atoms with Gasteiger partial charge < -0.3 is 25.0 Å². The van der Waals surface area contributed by atoms with Crippen molar-refractivity contribution >= 4 is 11.7 Å². The summed E-state index contributed by atoms with van der Waals surface area (Å²) in [4.78, 5) is 14.5. The molecule has 9 heteroatoms. The lowest BCUT2D eigenvalue weighted by molar-refractivity contribution is -0.153. The van der Waals surface area contributed by atoms with Gasteiger partial charge in [-0.1, -0.05) is 12.1 Å². The molecular weight excluding hydrogens is 411 g/mol. The number of hydrogen-bond acceptors (Lipinski definition) is 4. The van der Waals surface area contributed by atoms with E-state index in [1.807, 2.05) is 24.3 Å². The lowest BCUT2D eigenvalue weighted by Gasteiger charge is -2.34. The van der Waals surface area contributed by atoms with Crippen LogP contribution in [0, 0.1) is 0 Å². The topological polar surface area (TPSA) is 62.8 Å². The maximum Gasteiger partial charge on any atom is 0.422 e. The summed E-state index contributed by atoms with van der Waals surface area (Å²) >= 11 is 0. The van der Waals surface area contributed by atoms with Gasteiger partial charge in [-0.15, -0.1) is 0 Å². The van der Waals surface area contributed by atoms with E-state index in [1.165, 1.54) is 12.1 Å². The van der Waals surface area contributed by atoms with Crippen LogP contribution in [-0.2, 0) is 6.54 Å². The number of halogens is 3. The van der Waals surface area contributed by atoms with E-state index in [4.69, 9.17) is 9.47 Å². The Morgan fingerprint density at radius 2 is 1.81 bits per heavy atom. The number of hydrogen-bond donors (Lipinski definition) is 2. The van der Waals surface area contributed by atoms with Crippen LogP contribution in [0.1, 0.15) is 18.4 Å². The minimum atomic E-state index is -4.39. The molecule has 1 aliphatic rings. The summed E-state index contributed by atoms with van der Waals surface area (Å²) < 4.78 is 46.7. The molecule has 0 aromatic heterocycles. The van der Waals surface area contributed by atoms with E-state index in [0.717, 1.165) is 37.4 Å². The molecular formula is C22H26F3N3O3. The zero-order valence-electron chi connectivity index (χ0n) is 17.2. The second kappa shape index (κ2) is 10.3. The third-order valence-corrected chi connectivity index (χ3v) is 5.02. The Bertz CT molecular complexity index is 851. The van der Waals surface area contributed by atoms with Crippen molar-refractivity contribution < 1.29 is 27.4 Å². The molecule has 1 saturated heterocycles. The Morgan fingerprint density at radius 3 is 2.45 bits per heavy atom. The predicted octanol–water partition coefficient (Wildman–Crippen LogP) is 4.10. The number of urea groups is 1. The molecule has 0 radical (unpaired) electrons. The Kier molecular flexibility index (Phi) is 7.49. The van der Waals surface area contributed by atoms with Crippen molar-refractivity contribution in [2.24, 2.45) is 0 Å². The average molecular weight is 437 g/mol. The molecule has 1 aliphatic heterocycles. The van der Waals surface area contributed by atoms with Gasteiger partial charge in [0, 0.05) is 31.4 Å². The molecule has 1 heterocycles. The normalized spacial score (nSPS) is 14.8. The van der Waals surface area contributed by atoms with Crippen LogP contribution in [-0.4, -0.2) is 45.1 Å². The van der Waals surface area contributed by atoms with Gasteiger partial charge in [0.15, 0.2) is 6.61 Å². The van der Waals surface area contributed by atoms with E-state index in [1.54, 1.807) is 19.2 Å². The smallest absolute Gasteiger partial charge is 0.422 e. The van der Waals surface area contributed by atoms with Crippen LogP contribution in [0.2, 0.25) is 0 Å². The summed E-state index contributed by atoms with van der Waals surface area (Å²) in [5.41, 5.74) is 1.78. The van der Waals surface area contributed by atoms with Crippen LogP contribution in [0.5, 0.6) is 11.5 Å². The number of methoxy groups -OCH3 is 1. The van der Waals surface area contributed by atoms with Gasteiger partial charge in [0.2, 0.25) is 0 Å². The van der Waals surface area contributed by atoms with Crippen molar-refractivity contribution in [1.82, 2.24) is 10.6 Å². The number of anilines is 1. The maximum absolute atomic E-state index is 12.3. The van der Waals surface area contributed by atoms with Crippen molar-refractivity contribution in [3.63, 3.8) is 0 Å². The number of nitrogens with zero attached hydrogens (tertiary/aromatic N) is 1. The molecule has 0 atom stereocenters. The monoisotopic (exact) mass is 437 g/mol. The number of rotatable bonds is 7. The molecule has 31 heavy (non-hydrogen) atoms. The first kappa shape index (κ1) is 22.6. The van der Waals surface area contributed by atoms with Gasteiger partial charge in [0.1, 0.15) is 11.5 Å². The van der Waals surface area contributed by atoms with Crippen molar-refractivity contribution in [3.8, 4) is 11.5 Å². The Balaban J connectivity index is 1.40. The molecule has 0 saturated carbocycles. The second-order valence-electron chi connectivity index (χ2n) is 7.34. The number of ether oxygens (including phenoxy) is 2. The van der Waals surface area contributed by atoms with E-state index in [-0.39, 0.29) is 24.4 Å². The lowest BCUT2D eigenvalue weighted by atomic mass is 10.0. The number of carbonyl (C=O) groups excluding carboxylic acids is 1. The van der Waals surface area contributed by atoms with Crippen molar-refractivity contribution in [3.05, 3.63) is 54.1 Å². The van der Waals surface area contributed by atoms with Gasteiger partial charge >= 0.3 is 12.2 Å². The highest BCUT2D eigenvalue weighted by molar-refractivity contribution is 5.74. The fourth-order valence-corrected chi connectivity index (χ4v) is 3.40. The third kappa shape index (κ3) is 7.27. The first-order valence-corrected chi connectivity index (χ1v) is 10.0. The molecule has 1 fully saturated rings. The fraction of sp³-hybridized carbons (Fsp3) is 0.409. The first-order valence-electron chi connectivity index (χ1n) is 10.0. The Morgan fingerprint density at radius 1 is 1.10 bits per heavy atom. The highest BCUT2D eigenvalue weighted by Crippen LogP contribution is 2.23.